The van der Waals surface area contributed by atoms with Crippen molar-refractivity contribution in [3.63, 3.8) is 0 Å². The predicted octanol–water partition coefficient (Wildman–Crippen LogP) is 3.35. The Kier molecular flexibility index (Phi) is 4.19. The molecule has 18 heavy (non-hydrogen) atoms. The number of carbonyl (C=O) groups is 1. The third-order valence-electron chi connectivity index (χ3n) is 3.47. The maximum Gasteiger partial charge on any atom is 0.219 e. The zero-order valence-corrected chi connectivity index (χ0v) is 11.2. The molecule has 1 aromatic rings. The van der Waals surface area contributed by atoms with Gasteiger partial charge in [-0.3, -0.25) is 4.79 Å². The highest BCUT2D eigenvalue weighted by atomic mass is 16.2. The van der Waals surface area contributed by atoms with Crippen LogP contribution in [-0.2, 0) is 4.79 Å². The lowest BCUT2D eigenvalue weighted by molar-refractivity contribution is -0.128. The van der Waals surface area contributed by atoms with E-state index in [4.69, 9.17) is 0 Å². The standard InChI is InChI=1S/C16H21NO/c1-13(16-6-4-3-5-7-16)10-11-17(14(2)18)12-15-8-9-15/h3-7,10,15H,8-9,11-12H2,1-2H3/b13-10+. The van der Waals surface area contributed by atoms with E-state index in [-0.39, 0.29) is 5.91 Å². The van der Waals surface area contributed by atoms with Crippen molar-refractivity contribution in [2.75, 3.05) is 13.1 Å². The number of rotatable bonds is 5. The molecular formula is C16H21NO. The minimum atomic E-state index is 0.180. The maximum absolute atomic E-state index is 11.6. The van der Waals surface area contributed by atoms with E-state index < -0.39 is 0 Å². The van der Waals surface area contributed by atoms with E-state index in [2.05, 4.69) is 25.1 Å². The molecule has 1 aliphatic rings. The van der Waals surface area contributed by atoms with Gasteiger partial charge in [0.15, 0.2) is 0 Å². The Labute approximate surface area is 109 Å². The number of allylic oxidation sites excluding steroid dienone is 1. The zero-order valence-electron chi connectivity index (χ0n) is 11.2. The summed E-state index contributed by atoms with van der Waals surface area (Å²) in [6.45, 7) is 5.42. The molecule has 0 atom stereocenters. The molecule has 2 heteroatoms. The average Bonchev–Trinajstić information content (AvgIpc) is 3.18. The van der Waals surface area contributed by atoms with E-state index in [0.717, 1.165) is 19.0 Å². The van der Waals surface area contributed by atoms with Crippen LogP contribution in [0.15, 0.2) is 36.4 Å². The molecule has 0 heterocycles. The van der Waals surface area contributed by atoms with Gasteiger partial charge in [0.2, 0.25) is 5.91 Å². The van der Waals surface area contributed by atoms with E-state index in [9.17, 15) is 4.79 Å². The molecule has 1 saturated carbocycles. The van der Waals surface area contributed by atoms with Crippen LogP contribution in [0.4, 0.5) is 0 Å². The summed E-state index contributed by atoms with van der Waals surface area (Å²) in [5.74, 6) is 0.929. The van der Waals surface area contributed by atoms with Gasteiger partial charge in [0.25, 0.3) is 0 Å². The second kappa shape index (κ2) is 5.85. The van der Waals surface area contributed by atoms with Crippen LogP contribution in [0.25, 0.3) is 5.57 Å². The molecule has 2 nitrogen and oxygen atoms in total. The number of hydrogen-bond acceptors (Lipinski definition) is 1. The van der Waals surface area contributed by atoms with Crippen molar-refractivity contribution in [1.29, 1.82) is 0 Å². The molecule has 1 aliphatic carbocycles. The molecule has 1 aromatic carbocycles. The van der Waals surface area contributed by atoms with Crippen molar-refractivity contribution < 1.29 is 4.79 Å². The Morgan fingerprint density at radius 1 is 1.28 bits per heavy atom. The van der Waals surface area contributed by atoms with Crippen LogP contribution in [0.2, 0.25) is 0 Å². The van der Waals surface area contributed by atoms with Gasteiger partial charge < -0.3 is 4.90 Å². The summed E-state index contributed by atoms with van der Waals surface area (Å²) in [7, 11) is 0. The monoisotopic (exact) mass is 243 g/mol. The van der Waals surface area contributed by atoms with Gasteiger partial charge in [0.1, 0.15) is 0 Å². The topological polar surface area (TPSA) is 20.3 Å². The summed E-state index contributed by atoms with van der Waals surface area (Å²) < 4.78 is 0. The van der Waals surface area contributed by atoms with Gasteiger partial charge in [-0.2, -0.15) is 0 Å². The highest BCUT2D eigenvalue weighted by Gasteiger charge is 2.24. The summed E-state index contributed by atoms with van der Waals surface area (Å²) in [4.78, 5) is 13.5. The van der Waals surface area contributed by atoms with E-state index in [0.29, 0.717) is 0 Å². The van der Waals surface area contributed by atoms with Crippen LogP contribution in [0.1, 0.15) is 32.3 Å². The fraction of sp³-hybridized carbons (Fsp3) is 0.438. The Hall–Kier alpha value is -1.57. The summed E-state index contributed by atoms with van der Waals surface area (Å²) in [5, 5.41) is 0. The van der Waals surface area contributed by atoms with Gasteiger partial charge in [-0.15, -0.1) is 0 Å². The lowest BCUT2D eigenvalue weighted by atomic mass is 10.1. The van der Waals surface area contributed by atoms with Gasteiger partial charge in [-0.25, -0.2) is 0 Å². The minimum absolute atomic E-state index is 0.180. The van der Waals surface area contributed by atoms with Crippen molar-refractivity contribution in [3.8, 4) is 0 Å². The van der Waals surface area contributed by atoms with Crippen molar-refractivity contribution in [2.45, 2.75) is 26.7 Å². The third kappa shape index (κ3) is 3.73. The van der Waals surface area contributed by atoms with Gasteiger partial charge in [-0.05, 0) is 36.8 Å². The summed E-state index contributed by atoms with van der Waals surface area (Å²) in [5.41, 5.74) is 2.46. The van der Waals surface area contributed by atoms with Crippen molar-refractivity contribution in [2.24, 2.45) is 5.92 Å². The first kappa shape index (κ1) is 12.9. The van der Waals surface area contributed by atoms with Gasteiger partial charge >= 0.3 is 0 Å². The smallest absolute Gasteiger partial charge is 0.219 e. The van der Waals surface area contributed by atoms with E-state index in [1.165, 1.54) is 24.0 Å². The van der Waals surface area contributed by atoms with Crippen molar-refractivity contribution >= 4 is 11.5 Å². The van der Waals surface area contributed by atoms with Crippen LogP contribution in [0.3, 0.4) is 0 Å². The Bertz CT molecular complexity index is 432. The highest BCUT2D eigenvalue weighted by molar-refractivity contribution is 5.74. The number of amides is 1. The third-order valence-corrected chi connectivity index (χ3v) is 3.47. The molecular weight excluding hydrogens is 222 g/mol. The van der Waals surface area contributed by atoms with Crippen molar-refractivity contribution in [1.82, 2.24) is 4.90 Å². The Morgan fingerprint density at radius 2 is 1.94 bits per heavy atom. The quantitative estimate of drug-likeness (QED) is 0.776. The van der Waals surface area contributed by atoms with Crippen LogP contribution in [0, 0.1) is 5.92 Å². The lowest BCUT2D eigenvalue weighted by Gasteiger charge is -2.19. The molecule has 0 saturated heterocycles. The lowest BCUT2D eigenvalue weighted by Crippen LogP contribution is -2.31. The number of nitrogens with zero attached hydrogens (tertiary/aromatic N) is 1. The molecule has 0 bridgehead atoms. The molecule has 0 unspecified atom stereocenters. The molecule has 1 amide bonds. The van der Waals surface area contributed by atoms with E-state index in [1.54, 1.807) is 6.92 Å². The second-order valence-corrected chi connectivity index (χ2v) is 5.12. The normalized spacial score (nSPS) is 15.6. The SMILES string of the molecule is CC(=O)N(C/C=C(\C)c1ccccc1)CC1CC1. The first-order valence-electron chi connectivity index (χ1n) is 6.64. The van der Waals surface area contributed by atoms with Gasteiger partial charge in [0.05, 0.1) is 0 Å². The highest BCUT2D eigenvalue weighted by Crippen LogP contribution is 2.29. The van der Waals surface area contributed by atoms with Crippen LogP contribution in [-0.4, -0.2) is 23.9 Å². The van der Waals surface area contributed by atoms with E-state index in [1.807, 2.05) is 23.1 Å². The molecule has 0 spiro atoms. The average molecular weight is 243 g/mol. The second-order valence-electron chi connectivity index (χ2n) is 5.12. The Morgan fingerprint density at radius 3 is 2.50 bits per heavy atom. The first-order valence-corrected chi connectivity index (χ1v) is 6.64. The summed E-state index contributed by atoms with van der Waals surface area (Å²) >= 11 is 0. The molecule has 0 radical (unpaired) electrons. The van der Waals surface area contributed by atoms with Crippen LogP contribution >= 0.6 is 0 Å². The molecule has 0 aromatic heterocycles. The minimum Gasteiger partial charge on any atom is -0.339 e. The number of benzene rings is 1. The maximum atomic E-state index is 11.6. The van der Waals surface area contributed by atoms with Crippen LogP contribution < -0.4 is 0 Å². The number of hydrogen-bond donors (Lipinski definition) is 0. The molecule has 96 valence electrons. The Balaban J connectivity index is 1.96. The summed E-state index contributed by atoms with van der Waals surface area (Å²) in [6.07, 6.45) is 4.72. The predicted molar refractivity (Wildman–Crippen MR) is 75.1 cm³/mol. The largest absolute Gasteiger partial charge is 0.339 e. The molecule has 2 rings (SSSR count). The molecule has 0 N–H and O–H groups in total. The fourth-order valence-electron chi connectivity index (χ4n) is 2.01. The van der Waals surface area contributed by atoms with E-state index >= 15 is 0 Å². The van der Waals surface area contributed by atoms with Crippen LogP contribution in [0.5, 0.6) is 0 Å². The molecule has 1 fully saturated rings. The first-order chi connectivity index (χ1) is 8.66. The van der Waals surface area contributed by atoms with Gasteiger partial charge in [0, 0.05) is 20.0 Å². The van der Waals surface area contributed by atoms with Crippen molar-refractivity contribution in [3.05, 3.63) is 42.0 Å². The number of carbonyl (C=O) groups excluding carboxylic acids is 1. The fourth-order valence-corrected chi connectivity index (χ4v) is 2.01. The zero-order chi connectivity index (χ0) is 13.0. The summed E-state index contributed by atoms with van der Waals surface area (Å²) in [6, 6.07) is 10.3. The van der Waals surface area contributed by atoms with Gasteiger partial charge in [-0.1, -0.05) is 36.4 Å². The molecule has 0 aliphatic heterocycles.